The van der Waals surface area contributed by atoms with Crippen LogP contribution in [0.4, 0.5) is 10.1 Å². The minimum Gasteiger partial charge on any atom is -0.497 e. The second kappa shape index (κ2) is 9.84. The van der Waals surface area contributed by atoms with Crippen molar-refractivity contribution >= 4 is 35.0 Å². The largest absolute Gasteiger partial charge is 0.497 e. The quantitative estimate of drug-likeness (QED) is 0.364. The van der Waals surface area contributed by atoms with E-state index in [0.29, 0.717) is 27.4 Å². The number of carbonyl (C=O) groups is 1. The number of methoxy groups -OCH3 is 1. The Balaban J connectivity index is 1.61. The summed E-state index contributed by atoms with van der Waals surface area (Å²) in [6, 6.07) is 20.4. The van der Waals surface area contributed by atoms with Gasteiger partial charge in [-0.25, -0.2) is 4.39 Å². The lowest BCUT2D eigenvalue weighted by molar-refractivity contribution is -0.113. The number of halogens is 2. The third-order valence-corrected chi connectivity index (χ3v) is 5.69. The van der Waals surface area contributed by atoms with Gasteiger partial charge in [-0.1, -0.05) is 35.5 Å². The molecule has 9 heteroatoms. The Kier molecular flexibility index (Phi) is 6.72. The van der Waals surface area contributed by atoms with Gasteiger partial charge < -0.3 is 10.1 Å². The zero-order chi connectivity index (χ0) is 22.5. The maximum Gasteiger partial charge on any atom is 0.234 e. The van der Waals surface area contributed by atoms with Crippen LogP contribution >= 0.6 is 23.4 Å². The SMILES string of the molecule is COc1cccc(-c2nnc(SCC(=O)Nc3ccc(F)cc3)n2-c2ccc(Cl)cc2)c1. The molecule has 3 aromatic carbocycles. The van der Waals surface area contributed by atoms with Gasteiger partial charge in [0, 0.05) is 22.0 Å². The minimum absolute atomic E-state index is 0.0984. The average Bonchev–Trinajstić information content (AvgIpc) is 3.24. The van der Waals surface area contributed by atoms with E-state index in [1.165, 1.54) is 36.0 Å². The van der Waals surface area contributed by atoms with Crippen LogP contribution in [-0.4, -0.2) is 33.5 Å². The highest BCUT2D eigenvalue weighted by molar-refractivity contribution is 7.99. The summed E-state index contributed by atoms with van der Waals surface area (Å²) < 4.78 is 20.3. The number of thioether (sulfide) groups is 1. The van der Waals surface area contributed by atoms with Crippen molar-refractivity contribution in [1.29, 1.82) is 0 Å². The van der Waals surface area contributed by atoms with Gasteiger partial charge in [-0.3, -0.25) is 9.36 Å². The Morgan fingerprint density at radius 3 is 2.56 bits per heavy atom. The molecule has 4 aromatic rings. The molecule has 0 unspecified atom stereocenters. The summed E-state index contributed by atoms with van der Waals surface area (Å²) in [5.41, 5.74) is 2.14. The molecule has 0 spiro atoms. The van der Waals surface area contributed by atoms with Gasteiger partial charge in [0.05, 0.1) is 12.9 Å². The third-order valence-electron chi connectivity index (χ3n) is 4.51. The molecule has 0 saturated carbocycles. The zero-order valence-electron chi connectivity index (χ0n) is 17.0. The van der Waals surface area contributed by atoms with Gasteiger partial charge in [0.25, 0.3) is 0 Å². The number of anilines is 1. The molecule has 0 aliphatic rings. The van der Waals surface area contributed by atoms with Crippen molar-refractivity contribution in [2.75, 3.05) is 18.2 Å². The smallest absolute Gasteiger partial charge is 0.234 e. The molecule has 162 valence electrons. The number of benzene rings is 3. The number of carbonyl (C=O) groups excluding carboxylic acids is 1. The molecule has 1 N–H and O–H groups in total. The van der Waals surface area contributed by atoms with Gasteiger partial charge in [-0.05, 0) is 60.7 Å². The summed E-state index contributed by atoms with van der Waals surface area (Å²) in [6.45, 7) is 0. The fourth-order valence-electron chi connectivity index (χ4n) is 3.00. The van der Waals surface area contributed by atoms with E-state index >= 15 is 0 Å². The Bertz CT molecular complexity index is 1230. The number of hydrogen-bond acceptors (Lipinski definition) is 5. The van der Waals surface area contributed by atoms with Crippen LogP contribution in [0.5, 0.6) is 5.75 Å². The Morgan fingerprint density at radius 1 is 1.09 bits per heavy atom. The van der Waals surface area contributed by atoms with Gasteiger partial charge in [0.15, 0.2) is 11.0 Å². The van der Waals surface area contributed by atoms with Gasteiger partial charge >= 0.3 is 0 Å². The first kappa shape index (κ1) is 21.9. The van der Waals surface area contributed by atoms with Gasteiger partial charge in [-0.2, -0.15) is 0 Å². The first-order chi connectivity index (χ1) is 15.5. The fraction of sp³-hybridized carbons (Fsp3) is 0.0870. The second-order valence-electron chi connectivity index (χ2n) is 6.69. The van der Waals surface area contributed by atoms with Crippen LogP contribution in [0, 0.1) is 5.82 Å². The average molecular weight is 469 g/mol. The van der Waals surface area contributed by atoms with E-state index in [4.69, 9.17) is 16.3 Å². The monoisotopic (exact) mass is 468 g/mol. The van der Waals surface area contributed by atoms with Crippen molar-refractivity contribution in [1.82, 2.24) is 14.8 Å². The molecule has 6 nitrogen and oxygen atoms in total. The molecule has 0 saturated heterocycles. The van der Waals surface area contributed by atoms with Crippen molar-refractivity contribution in [3.63, 3.8) is 0 Å². The predicted octanol–water partition coefficient (Wildman–Crippen LogP) is 5.47. The molecule has 0 bridgehead atoms. The second-order valence-corrected chi connectivity index (χ2v) is 8.07. The first-order valence-corrected chi connectivity index (χ1v) is 10.9. The predicted molar refractivity (Wildman–Crippen MR) is 124 cm³/mol. The molecular weight excluding hydrogens is 451 g/mol. The molecule has 0 aliphatic carbocycles. The van der Waals surface area contributed by atoms with Crippen molar-refractivity contribution in [3.8, 4) is 22.8 Å². The van der Waals surface area contributed by atoms with Crippen LogP contribution in [0.15, 0.2) is 78.0 Å². The van der Waals surface area contributed by atoms with E-state index in [0.717, 1.165) is 11.3 Å². The summed E-state index contributed by atoms with van der Waals surface area (Å²) in [7, 11) is 1.60. The Labute approximate surface area is 193 Å². The summed E-state index contributed by atoms with van der Waals surface area (Å²) in [4.78, 5) is 12.4. The molecular formula is C23H18ClFN4O2S. The van der Waals surface area contributed by atoms with E-state index in [-0.39, 0.29) is 17.5 Å². The highest BCUT2D eigenvalue weighted by atomic mass is 35.5. The number of rotatable bonds is 7. The normalized spacial score (nSPS) is 10.7. The number of nitrogens with zero attached hydrogens (tertiary/aromatic N) is 3. The van der Waals surface area contributed by atoms with Crippen LogP contribution in [0.1, 0.15) is 0 Å². The maximum atomic E-state index is 13.1. The number of ether oxygens (including phenoxy) is 1. The maximum absolute atomic E-state index is 13.1. The van der Waals surface area contributed by atoms with Crippen LogP contribution in [0.2, 0.25) is 5.02 Å². The Hall–Kier alpha value is -3.36. The van der Waals surface area contributed by atoms with Crippen LogP contribution in [0.3, 0.4) is 0 Å². The number of nitrogens with one attached hydrogen (secondary N) is 1. The van der Waals surface area contributed by atoms with Crippen molar-refractivity contribution < 1.29 is 13.9 Å². The number of amides is 1. The van der Waals surface area contributed by atoms with Crippen LogP contribution in [-0.2, 0) is 4.79 Å². The lowest BCUT2D eigenvalue weighted by Gasteiger charge is -2.11. The zero-order valence-corrected chi connectivity index (χ0v) is 18.5. The summed E-state index contributed by atoms with van der Waals surface area (Å²) >= 11 is 7.30. The van der Waals surface area contributed by atoms with E-state index < -0.39 is 0 Å². The third kappa shape index (κ3) is 5.09. The minimum atomic E-state index is -0.362. The van der Waals surface area contributed by atoms with Crippen molar-refractivity contribution in [2.45, 2.75) is 5.16 Å². The number of hydrogen-bond donors (Lipinski definition) is 1. The summed E-state index contributed by atoms with van der Waals surface area (Å²) in [5, 5.41) is 12.6. The highest BCUT2D eigenvalue weighted by Gasteiger charge is 2.18. The summed E-state index contributed by atoms with van der Waals surface area (Å²) in [5.74, 6) is 0.795. The van der Waals surface area contributed by atoms with Gasteiger partial charge in [0.2, 0.25) is 5.91 Å². The first-order valence-electron chi connectivity index (χ1n) is 9.57. The molecule has 0 fully saturated rings. The molecule has 4 rings (SSSR count). The molecule has 0 radical (unpaired) electrons. The van der Waals surface area contributed by atoms with Gasteiger partial charge in [-0.15, -0.1) is 10.2 Å². The van der Waals surface area contributed by atoms with Crippen molar-refractivity contribution in [2.24, 2.45) is 0 Å². The van der Waals surface area contributed by atoms with E-state index in [1.54, 1.807) is 19.2 Å². The van der Waals surface area contributed by atoms with Gasteiger partial charge in [0.1, 0.15) is 11.6 Å². The fourth-order valence-corrected chi connectivity index (χ4v) is 3.87. The molecule has 1 heterocycles. The molecule has 0 aliphatic heterocycles. The van der Waals surface area contributed by atoms with Crippen molar-refractivity contribution in [3.05, 3.63) is 83.6 Å². The molecule has 32 heavy (non-hydrogen) atoms. The highest BCUT2D eigenvalue weighted by Crippen LogP contribution is 2.30. The van der Waals surface area contributed by atoms with Crippen LogP contribution in [0.25, 0.3) is 17.1 Å². The van der Waals surface area contributed by atoms with E-state index in [1.807, 2.05) is 41.0 Å². The summed E-state index contributed by atoms with van der Waals surface area (Å²) in [6.07, 6.45) is 0. The topological polar surface area (TPSA) is 69.0 Å². The molecule has 1 aromatic heterocycles. The Morgan fingerprint density at radius 2 is 1.84 bits per heavy atom. The van der Waals surface area contributed by atoms with E-state index in [2.05, 4.69) is 15.5 Å². The molecule has 0 atom stereocenters. The van der Waals surface area contributed by atoms with Crippen LogP contribution < -0.4 is 10.1 Å². The standard InChI is InChI=1S/C23H18ClFN4O2S/c1-31-20-4-2-3-15(13-20)22-27-28-23(29(22)19-11-5-16(24)6-12-19)32-14-21(30)26-18-9-7-17(25)8-10-18/h2-13H,14H2,1H3,(H,26,30). The molecule has 1 amide bonds. The lowest BCUT2D eigenvalue weighted by Crippen LogP contribution is -2.14. The lowest BCUT2D eigenvalue weighted by atomic mass is 10.2. The number of aromatic nitrogens is 3. The van der Waals surface area contributed by atoms with E-state index in [9.17, 15) is 9.18 Å².